The van der Waals surface area contributed by atoms with Crippen molar-refractivity contribution in [2.75, 3.05) is 19.6 Å². The summed E-state index contributed by atoms with van der Waals surface area (Å²) in [5, 5.41) is 0. The summed E-state index contributed by atoms with van der Waals surface area (Å²) in [5.41, 5.74) is 0. The van der Waals surface area contributed by atoms with Gasteiger partial charge in [0, 0.05) is 6.42 Å². The predicted molar refractivity (Wildman–Crippen MR) is 53.0 cm³/mol. The molecule has 1 heterocycles. The van der Waals surface area contributed by atoms with Gasteiger partial charge in [-0.15, -0.1) is 5.92 Å². The van der Waals surface area contributed by atoms with E-state index in [0.29, 0.717) is 0 Å². The Morgan fingerprint density at radius 2 is 1.83 bits per heavy atom. The van der Waals surface area contributed by atoms with Gasteiger partial charge in [-0.25, -0.2) is 0 Å². The lowest BCUT2D eigenvalue weighted by molar-refractivity contribution is 0.255. The Kier molecular flexibility index (Phi) is 4.87. The fraction of sp³-hybridized carbons (Fsp3) is 0.818. The Morgan fingerprint density at radius 3 is 2.50 bits per heavy atom. The number of nitrogens with zero attached hydrogens (tertiary/aromatic N) is 1. The minimum Gasteiger partial charge on any atom is -0.292 e. The van der Waals surface area contributed by atoms with E-state index >= 15 is 0 Å². The van der Waals surface area contributed by atoms with Gasteiger partial charge in [-0.3, -0.25) is 4.90 Å². The van der Waals surface area contributed by atoms with E-state index in [0.717, 1.165) is 13.0 Å². The van der Waals surface area contributed by atoms with Crippen LogP contribution in [0.4, 0.5) is 0 Å². The summed E-state index contributed by atoms with van der Waals surface area (Å²) < 4.78 is 0. The molecule has 0 spiro atoms. The number of piperidine rings is 1. The lowest BCUT2D eigenvalue weighted by Gasteiger charge is -2.23. The minimum absolute atomic E-state index is 1.00. The van der Waals surface area contributed by atoms with E-state index in [1.165, 1.54) is 38.8 Å². The SMILES string of the molecule is CCCC#CCN1CCCCC1. The molecule has 12 heavy (non-hydrogen) atoms. The molecule has 0 atom stereocenters. The van der Waals surface area contributed by atoms with Crippen LogP contribution in [0.5, 0.6) is 0 Å². The third-order valence-electron chi connectivity index (χ3n) is 2.25. The number of unbranched alkanes of at least 4 members (excludes halogenated alkanes) is 1. The van der Waals surface area contributed by atoms with E-state index < -0.39 is 0 Å². The molecule has 1 fully saturated rings. The zero-order valence-corrected chi connectivity index (χ0v) is 8.10. The van der Waals surface area contributed by atoms with Gasteiger partial charge in [-0.2, -0.15) is 0 Å². The highest BCUT2D eigenvalue weighted by Gasteiger charge is 2.07. The van der Waals surface area contributed by atoms with E-state index in [1.54, 1.807) is 0 Å². The van der Waals surface area contributed by atoms with Crippen LogP contribution in [-0.2, 0) is 0 Å². The van der Waals surface area contributed by atoms with E-state index in [4.69, 9.17) is 0 Å². The molecule has 68 valence electrons. The maximum Gasteiger partial charge on any atom is 0.0601 e. The molecule has 0 N–H and O–H groups in total. The van der Waals surface area contributed by atoms with E-state index in [9.17, 15) is 0 Å². The Morgan fingerprint density at radius 1 is 1.08 bits per heavy atom. The standard InChI is InChI=1S/C11H19N/c1-2-3-4-6-9-12-10-7-5-8-11-12/h2-3,5,7-11H2,1H3. The molecule has 1 aliphatic rings. The van der Waals surface area contributed by atoms with Crippen LogP contribution in [0.3, 0.4) is 0 Å². The third kappa shape index (κ3) is 3.78. The first-order chi connectivity index (χ1) is 5.93. The monoisotopic (exact) mass is 165 g/mol. The van der Waals surface area contributed by atoms with Crippen LogP contribution in [0.15, 0.2) is 0 Å². The normalized spacial score (nSPS) is 18.4. The molecule has 0 aromatic carbocycles. The van der Waals surface area contributed by atoms with Gasteiger partial charge in [-0.05, 0) is 32.4 Å². The second-order valence-electron chi connectivity index (χ2n) is 3.44. The lowest BCUT2D eigenvalue weighted by atomic mass is 10.1. The van der Waals surface area contributed by atoms with Crippen molar-refractivity contribution in [1.29, 1.82) is 0 Å². The Labute approximate surface area is 76.1 Å². The topological polar surface area (TPSA) is 3.24 Å². The summed E-state index contributed by atoms with van der Waals surface area (Å²) in [6.45, 7) is 5.71. The first kappa shape index (κ1) is 9.61. The summed E-state index contributed by atoms with van der Waals surface area (Å²) in [6, 6.07) is 0. The fourth-order valence-electron chi connectivity index (χ4n) is 1.50. The number of hydrogen-bond acceptors (Lipinski definition) is 1. The van der Waals surface area contributed by atoms with Gasteiger partial charge < -0.3 is 0 Å². The van der Waals surface area contributed by atoms with Crippen molar-refractivity contribution in [2.24, 2.45) is 0 Å². The zero-order chi connectivity index (χ0) is 8.65. The van der Waals surface area contributed by atoms with E-state index in [1.807, 2.05) is 0 Å². The quantitative estimate of drug-likeness (QED) is 0.567. The average molecular weight is 165 g/mol. The van der Waals surface area contributed by atoms with E-state index in [-0.39, 0.29) is 0 Å². The molecule has 0 saturated carbocycles. The molecular formula is C11H19N. The van der Waals surface area contributed by atoms with Crippen molar-refractivity contribution in [1.82, 2.24) is 4.90 Å². The first-order valence-electron chi connectivity index (χ1n) is 5.11. The minimum atomic E-state index is 1.00. The van der Waals surface area contributed by atoms with Crippen molar-refractivity contribution in [2.45, 2.75) is 39.0 Å². The predicted octanol–water partition coefficient (Wildman–Crippen LogP) is 2.28. The molecule has 0 aliphatic carbocycles. The van der Waals surface area contributed by atoms with Crippen LogP contribution in [0, 0.1) is 11.8 Å². The lowest BCUT2D eigenvalue weighted by Crippen LogP contribution is -2.29. The van der Waals surface area contributed by atoms with Gasteiger partial charge in [0.1, 0.15) is 0 Å². The fourth-order valence-corrected chi connectivity index (χ4v) is 1.50. The molecule has 0 aromatic rings. The van der Waals surface area contributed by atoms with Crippen LogP contribution in [0.1, 0.15) is 39.0 Å². The van der Waals surface area contributed by atoms with E-state index in [2.05, 4.69) is 23.7 Å². The molecule has 1 aliphatic heterocycles. The maximum absolute atomic E-state index is 3.23. The summed E-state index contributed by atoms with van der Waals surface area (Å²) in [6.07, 6.45) is 6.41. The Balaban J connectivity index is 2.09. The van der Waals surface area contributed by atoms with Crippen molar-refractivity contribution in [3.8, 4) is 11.8 Å². The second-order valence-corrected chi connectivity index (χ2v) is 3.44. The van der Waals surface area contributed by atoms with Crippen LogP contribution < -0.4 is 0 Å². The molecular weight excluding hydrogens is 146 g/mol. The number of likely N-dealkylation sites (tertiary alicyclic amines) is 1. The molecule has 0 aromatic heterocycles. The van der Waals surface area contributed by atoms with Gasteiger partial charge in [0.2, 0.25) is 0 Å². The Bertz CT molecular complexity index is 158. The summed E-state index contributed by atoms with van der Waals surface area (Å²) in [5.74, 6) is 6.42. The van der Waals surface area contributed by atoms with Crippen LogP contribution >= 0.6 is 0 Å². The summed E-state index contributed by atoms with van der Waals surface area (Å²) in [7, 11) is 0. The van der Waals surface area contributed by atoms with Gasteiger partial charge in [0.05, 0.1) is 6.54 Å². The Hall–Kier alpha value is -0.480. The molecule has 1 saturated heterocycles. The molecule has 0 amide bonds. The average Bonchev–Trinajstić information content (AvgIpc) is 2.14. The maximum atomic E-state index is 3.23. The highest BCUT2D eigenvalue weighted by molar-refractivity contribution is 5.01. The van der Waals surface area contributed by atoms with Crippen molar-refractivity contribution >= 4 is 0 Å². The molecule has 1 heteroatoms. The number of hydrogen-bond donors (Lipinski definition) is 0. The molecule has 0 bridgehead atoms. The second kappa shape index (κ2) is 6.08. The summed E-state index contributed by atoms with van der Waals surface area (Å²) in [4.78, 5) is 2.46. The zero-order valence-electron chi connectivity index (χ0n) is 8.10. The highest BCUT2D eigenvalue weighted by atomic mass is 15.1. The van der Waals surface area contributed by atoms with Gasteiger partial charge >= 0.3 is 0 Å². The van der Waals surface area contributed by atoms with Gasteiger partial charge in [0.15, 0.2) is 0 Å². The molecule has 1 nitrogen and oxygen atoms in total. The molecule has 0 radical (unpaired) electrons. The number of rotatable bonds is 2. The van der Waals surface area contributed by atoms with Crippen molar-refractivity contribution in [3.63, 3.8) is 0 Å². The van der Waals surface area contributed by atoms with Crippen LogP contribution in [-0.4, -0.2) is 24.5 Å². The molecule has 0 unspecified atom stereocenters. The summed E-state index contributed by atoms with van der Waals surface area (Å²) >= 11 is 0. The van der Waals surface area contributed by atoms with Crippen LogP contribution in [0.2, 0.25) is 0 Å². The first-order valence-corrected chi connectivity index (χ1v) is 5.11. The van der Waals surface area contributed by atoms with Gasteiger partial charge in [-0.1, -0.05) is 19.3 Å². The van der Waals surface area contributed by atoms with Crippen LogP contribution in [0.25, 0.3) is 0 Å². The third-order valence-corrected chi connectivity index (χ3v) is 2.25. The smallest absolute Gasteiger partial charge is 0.0601 e. The largest absolute Gasteiger partial charge is 0.292 e. The van der Waals surface area contributed by atoms with Crippen molar-refractivity contribution < 1.29 is 0 Å². The highest BCUT2D eigenvalue weighted by Crippen LogP contribution is 2.07. The van der Waals surface area contributed by atoms with Crippen molar-refractivity contribution in [3.05, 3.63) is 0 Å². The molecule has 1 rings (SSSR count). The van der Waals surface area contributed by atoms with Gasteiger partial charge in [0.25, 0.3) is 0 Å².